The van der Waals surface area contributed by atoms with Crippen molar-refractivity contribution in [1.29, 1.82) is 0 Å². The molecule has 3 heterocycles. The second-order valence-corrected chi connectivity index (χ2v) is 10.2. The number of fused-ring (bicyclic) bond motifs is 1. The maximum atomic E-state index is 12.3. The average Bonchev–Trinajstić information content (AvgIpc) is 3.33. The molecule has 2 N–H and O–H groups in total. The Morgan fingerprint density at radius 3 is 2.61 bits per heavy atom. The Bertz CT molecular complexity index is 1160. The van der Waals surface area contributed by atoms with Gasteiger partial charge in [-0.2, -0.15) is 0 Å². The van der Waals surface area contributed by atoms with Crippen molar-refractivity contribution in [2.75, 3.05) is 12.3 Å². The third-order valence-corrected chi connectivity index (χ3v) is 7.64. The van der Waals surface area contributed by atoms with Crippen LogP contribution in [-0.4, -0.2) is 47.5 Å². The topological polar surface area (TPSA) is 128 Å². The summed E-state index contributed by atoms with van der Waals surface area (Å²) in [5.74, 6) is 1.44. The van der Waals surface area contributed by atoms with E-state index in [9.17, 15) is 14.4 Å². The number of hydrogen-bond donors (Lipinski definition) is 2. The molecule has 0 fully saturated rings. The van der Waals surface area contributed by atoms with Crippen molar-refractivity contribution in [2.45, 2.75) is 54.1 Å². The van der Waals surface area contributed by atoms with Crippen LogP contribution in [0.25, 0.3) is 11.2 Å². The van der Waals surface area contributed by atoms with Crippen LogP contribution in [0.3, 0.4) is 0 Å². The van der Waals surface area contributed by atoms with Crippen LogP contribution >= 0.6 is 34.9 Å². The van der Waals surface area contributed by atoms with Crippen molar-refractivity contribution in [3.63, 3.8) is 0 Å². The quantitative estimate of drug-likeness (QED) is 0.396. The number of rotatable bonds is 11. The van der Waals surface area contributed by atoms with E-state index in [-0.39, 0.29) is 5.91 Å². The number of hydrogen-bond acceptors (Lipinski definition) is 9. The number of aryl methyl sites for hydroxylation is 2. The number of H-pyrrole nitrogens is 1. The highest BCUT2D eigenvalue weighted by molar-refractivity contribution is 8.03. The SMILES string of the molecule is CCCCn1c(=O)[nH]c(=O)c2c1nc(CSc1nnc(SCC(=O)NCCC)s1)n2C. The highest BCUT2D eigenvalue weighted by Gasteiger charge is 2.17. The van der Waals surface area contributed by atoms with Gasteiger partial charge in [0.25, 0.3) is 5.56 Å². The standard InChI is InChI=1S/C18H25N7O3S3/c1-4-6-8-25-14-13(15(27)21-16(25)28)24(3)11(20-14)9-29-17-22-23-18(31-17)30-10-12(26)19-7-5-2/h4-10H2,1-3H3,(H,19,26)(H,21,27,28). The van der Waals surface area contributed by atoms with Gasteiger partial charge in [-0.1, -0.05) is 55.1 Å². The van der Waals surface area contributed by atoms with Crippen molar-refractivity contribution < 1.29 is 4.79 Å². The molecule has 0 radical (unpaired) electrons. The fraction of sp³-hybridized carbons (Fsp3) is 0.556. The monoisotopic (exact) mass is 483 g/mol. The van der Waals surface area contributed by atoms with Crippen LogP contribution in [0.2, 0.25) is 0 Å². The van der Waals surface area contributed by atoms with Gasteiger partial charge in [-0.15, -0.1) is 10.2 Å². The van der Waals surface area contributed by atoms with Crippen molar-refractivity contribution >= 4 is 51.9 Å². The van der Waals surface area contributed by atoms with E-state index >= 15 is 0 Å². The van der Waals surface area contributed by atoms with Gasteiger partial charge in [0.05, 0.1) is 11.5 Å². The molecule has 0 unspecified atom stereocenters. The maximum Gasteiger partial charge on any atom is 0.330 e. The van der Waals surface area contributed by atoms with Crippen LogP contribution in [0.1, 0.15) is 38.9 Å². The molecule has 0 spiro atoms. The van der Waals surface area contributed by atoms with Crippen LogP contribution in [0.15, 0.2) is 18.3 Å². The van der Waals surface area contributed by atoms with E-state index < -0.39 is 11.2 Å². The van der Waals surface area contributed by atoms with Crippen LogP contribution in [0, 0.1) is 0 Å². The molecule has 168 valence electrons. The highest BCUT2D eigenvalue weighted by Crippen LogP contribution is 2.30. The number of nitrogens with one attached hydrogen (secondary N) is 2. The molecule has 13 heteroatoms. The van der Waals surface area contributed by atoms with Crippen LogP contribution < -0.4 is 16.6 Å². The Labute approximate surface area is 191 Å². The number of nitrogens with zero attached hydrogens (tertiary/aromatic N) is 5. The largest absolute Gasteiger partial charge is 0.355 e. The summed E-state index contributed by atoms with van der Waals surface area (Å²) in [6.07, 6.45) is 2.66. The molecule has 0 atom stereocenters. The number of aromatic nitrogens is 6. The van der Waals surface area contributed by atoms with E-state index in [1.807, 2.05) is 13.8 Å². The fourth-order valence-electron chi connectivity index (χ4n) is 2.83. The Balaban J connectivity index is 1.70. The summed E-state index contributed by atoms with van der Waals surface area (Å²) in [4.78, 5) is 43.3. The van der Waals surface area contributed by atoms with Crippen LogP contribution in [0.5, 0.6) is 0 Å². The number of imidazole rings is 1. The molecule has 0 aliphatic rings. The first-order valence-corrected chi connectivity index (χ1v) is 12.8. The summed E-state index contributed by atoms with van der Waals surface area (Å²) in [7, 11) is 1.77. The Kier molecular flexibility index (Phi) is 8.32. The van der Waals surface area contributed by atoms with Crippen molar-refractivity contribution in [2.24, 2.45) is 7.05 Å². The molecule has 3 rings (SSSR count). The van der Waals surface area contributed by atoms with Crippen molar-refractivity contribution in [3.05, 3.63) is 26.7 Å². The predicted octanol–water partition coefficient (Wildman–Crippen LogP) is 1.99. The van der Waals surface area contributed by atoms with Gasteiger partial charge in [-0.25, -0.2) is 9.78 Å². The van der Waals surface area contributed by atoms with E-state index in [2.05, 4.69) is 25.5 Å². The van der Waals surface area contributed by atoms with Crippen molar-refractivity contribution in [1.82, 2.24) is 34.6 Å². The normalized spacial score (nSPS) is 11.3. The Morgan fingerprint density at radius 1 is 1.16 bits per heavy atom. The summed E-state index contributed by atoms with van der Waals surface area (Å²) in [5.41, 5.74) is -0.0724. The Morgan fingerprint density at radius 2 is 1.90 bits per heavy atom. The molecular formula is C18H25N7O3S3. The van der Waals surface area contributed by atoms with Gasteiger partial charge in [-0.05, 0) is 12.8 Å². The molecule has 0 bridgehead atoms. The summed E-state index contributed by atoms with van der Waals surface area (Å²) in [6.45, 7) is 5.23. The predicted molar refractivity (Wildman–Crippen MR) is 124 cm³/mol. The zero-order valence-electron chi connectivity index (χ0n) is 17.6. The fourth-order valence-corrected chi connectivity index (χ4v) is 5.66. The minimum Gasteiger partial charge on any atom is -0.355 e. The Hall–Kier alpha value is -2.12. The van der Waals surface area contributed by atoms with Crippen LogP contribution in [0.4, 0.5) is 0 Å². The molecule has 31 heavy (non-hydrogen) atoms. The van der Waals surface area contributed by atoms with E-state index in [1.54, 1.807) is 11.6 Å². The van der Waals surface area contributed by atoms with Gasteiger partial charge in [0.1, 0.15) is 5.82 Å². The number of thioether (sulfide) groups is 2. The zero-order chi connectivity index (χ0) is 22.4. The molecule has 3 aromatic heterocycles. The lowest BCUT2D eigenvalue weighted by atomic mass is 10.3. The molecule has 0 aliphatic carbocycles. The zero-order valence-corrected chi connectivity index (χ0v) is 20.1. The lowest BCUT2D eigenvalue weighted by molar-refractivity contribution is -0.118. The minimum absolute atomic E-state index is 0.0182. The van der Waals surface area contributed by atoms with Crippen LogP contribution in [-0.2, 0) is 24.1 Å². The molecular weight excluding hydrogens is 458 g/mol. The van der Waals surface area contributed by atoms with E-state index in [1.165, 1.54) is 39.4 Å². The highest BCUT2D eigenvalue weighted by atomic mass is 32.2. The second-order valence-electron chi connectivity index (χ2n) is 6.78. The maximum absolute atomic E-state index is 12.3. The lowest BCUT2D eigenvalue weighted by Gasteiger charge is -2.04. The summed E-state index contributed by atoms with van der Waals surface area (Å²) >= 11 is 4.22. The number of amides is 1. The molecule has 3 aromatic rings. The molecule has 10 nitrogen and oxygen atoms in total. The molecule has 0 saturated heterocycles. The molecule has 1 amide bonds. The first-order valence-electron chi connectivity index (χ1n) is 9.98. The molecule has 0 saturated carbocycles. The molecule has 0 aromatic carbocycles. The molecule has 0 aliphatic heterocycles. The van der Waals surface area contributed by atoms with Gasteiger partial charge in [-0.3, -0.25) is 19.1 Å². The minimum atomic E-state index is -0.435. The number of carbonyl (C=O) groups is 1. The smallest absolute Gasteiger partial charge is 0.330 e. The van der Waals surface area contributed by atoms with E-state index in [0.717, 1.165) is 27.9 Å². The first-order chi connectivity index (χ1) is 14.9. The number of aromatic amines is 1. The van der Waals surface area contributed by atoms with Gasteiger partial charge in [0.15, 0.2) is 19.8 Å². The van der Waals surface area contributed by atoms with Gasteiger partial charge in [0, 0.05) is 20.1 Å². The van der Waals surface area contributed by atoms with E-state index in [4.69, 9.17) is 0 Å². The average molecular weight is 484 g/mol. The van der Waals surface area contributed by atoms with E-state index in [0.29, 0.717) is 41.6 Å². The lowest BCUT2D eigenvalue weighted by Crippen LogP contribution is -2.31. The summed E-state index contributed by atoms with van der Waals surface area (Å²) in [5, 5.41) is 11.1. The summed E-state index contributed by atoms with van der Waals surface area (Å²) < 4.78 is 4.72. The van der Waals surface area contributed by atoms with Gasteiger partial charge in [0.2, 0.25) is 5.91 Å². The summed E-state index contributed by atoms with van der Waals surface area (Å²) in [6, 6.07) is 0. The van der Waals surface area contributed by atoms with Gasteiger partial charge < -0.3 is 9.88 Å². The number of carbonyl (C=O) groups excluding carboxylic acids is 1. The third-order valence-electron chi connectivity index (χ3n) is 4.45. The van der Waals surface area contributed by atoms with Gasteiger partial charge >= 0.3 is 5.69 Å². The first kappa shape index (κ1) is 23.5. The second kappa shape index (κ2) is 11.0. The number of unbranched alkanes of at least 4 members (excludes halogenated alkanes) is 1. The van der Waals surface area contributed by atoms with Crippen molar-refractivity contribution in [3.8, 4) is 0 Å². The third kappa shape index (κ3) is 5.77.